The van der Waals surface area contributed by atoms with Gasteiger partial charge in [0.25, 0.3) is 0 Å². The van der Waals surface area contributed by atoms with Crippen molar-refractivity contribution in [3.63, 3.8) is 0 Å². The number of fused-ring (bicyclic) bond motifs is 2. The molecule has 0 fully saturated rings. The largest absolute Gasteiger partial charge is 0.319 e. The van der Waals surface area contributed by atoms with E-state index in [1.165, 1.54) is 22.3 Å². The molecule has 0 aliphatic heterocycles. The van der Waals surface area contributed by atoms with Crippen molar-refractivity contribution in [2.75, 3.05) is 0 Å². The first-order chi connectivity index (χ1) is 8.65. The number of benzene rings is 1. The summed E-state index contributed by atoms with van der Waals surface area (Å²) in [7, 11) is 0. The van der Waals surface area contributed by atoms with Gasteiger partial charge < -0.3 is 5.73 Å². The molecule has 1 aromatic heterocycles. The fraction of sp³-hybridized carbons (Fsp3) is 0.267. The van der Waals surface area contributed by atoms with E-state index in [0.29, 0.717) is 0 Å². The van der Waals surface area contributed by atoms with Crippen molar-refractivity contribution in [2.45, 2.75) is 25.8 Å². The predicted molar refractivity (Wildman–Crippen MR) is 76.6 cm³/mol. The Hall–Kier alpha value is -1.19. The molecule has 2 aromatic rings. The van der Waals surface area contributed by atoms with Crippen LogP contribution in [-0.2, 0) is 12.8 Å². The number of aryl methyl sites for hydroxylation is 3. The van der Waals surface area contributed by atoms with Crippen LogP contribution >= 0.6 is 15.9 Å². The third-order valence-corrected chi connectivity index (χ3v) is 3.99. The summed E-state index contributed by atoms with van der Waals surface area (Å²) in [5, 5.41) is 0. The molecule has 0 saturated carbocycles. The quantitative estimate of drug-likeness (QED) is 0.811. The van der Waals surface area contributed by atoms with Gasteiger partial charge in [-0.25, -0.2) is 0 Å². The van der Waals surface area contributed by atoms with E-state index in [0.717, 1.165) is 23.0 Å². The number of hydrogen-bond donors (Lipinski definition) is 1. The van der Waals surface area contributed by atoms with Gasteiger partial charge in [-0.15, -0.1) is 0 Å². The Bertz CT molecular complexity index is 554. The second-order valence-electron chi connectivity index (χ2n) is 4.88. The van der Waals surface area contributed by atoms with Gasteiger partial charge in [-0.05, 0) is 58.5 Å². The average molecular weight is 303 g/mol. The molecule has 1 unspecified atom stereocenters. The van der Waals surface area contributed by atoms with Gasteiger partial charge in [0.1, 0.15) is 0 Å². The highest BCUT2D eigenvalue weighted by Gasteiger charge is 2.21. The number of halogens is 1. The lowest BCUT2D eigenvalue weighted by Gasteiger charge is -2.14. The van der Waals surface area contributed by atoms with Crippen LogP contribution < -0.4 is 5.73 Å². The van der Waals surface area contributed by atoms with Crippen LogP contribution in [0.5, 0.6) is 0 Å². The van der Waals surface area contributed by atoms with E-state index in [9.17, 15) is 0 Å². The monoisotopic (exact) mass is 302 g/mol. The van der Waals surface area contributed by atoms with Gasteiger partial charge in [-0.3, -0.25) is 4.98 Å². The summed E-state index contributed by atoms with van der Waals surface area (Å²) in [5.74, 6) is 0. The topological polar surface area (TPSA) is 38.9 Å². The van der Waals surface area contributed by atoms with Crippen molar-refractivity contribution in [1.82, 2.24) is 4.98 Å². The molecule has 0 spiro atoms. The maximum Gasteiger partial charge on any atom is 0.0731 e. The lowest BCUT2D eigenvalue weighted by Crippen LogP contribution is -2.15. The second-order valence-corrected chi connectivity index (χ2v) is 5.79. The van der Waals surface area contributed by atoms with Gasteiger partial charge in [0, 0.05) is 10.7 Å². The Morgan fingerprint density at radius 3 is 2.83 bits per heavy atom. The molecule has 3 rings (SSSR count). The molecule has 0 saturated heterocycles. The van der Waals surface area contributed by atoms with E-state index in [4.69, 9.17) is 5.73 Å². The van der Waals surface area contributed by atoms with E-state index in [-0.39, 0.29) is 6.04 Å². The van der Waals surface area contributed by atoms with Crippen LogP contribution in [0.4, 0.5) is 0 Å². The Morgan fingerprint density at radius 2 is 2.00 bits per heavy atom. The number of rotatable bonds is 0. The first-order valence-corrected chi connectivity index (χ1v) is 6.94. The first kappa shape index (κ1) is 11.9. The molecule has 92 valence electrons. The lowest BCUT2D eigenvalue weighted by atomic mass is 9.97. The summed E-state index contributed by atoms with van der Waals surface area (Å²) in [5.41, 5.74) is 12.5. The maximum atomic E-state index is 6.38. The van der Waals surface area contributed by atoms with Gasteiger partial charge in [-0.2, -0.15) is 0 Å². The van der Waals surface area contributed by atoms with Crippen molar-refractivity contribution in [3.8, 4) is 0 Å². The number of nitrogens with zero attached hydrogens (tertiary/aromatic N) is 1. The second kappa shape index (κ2) is 4.48. The number of pyridine rings is 1. The van der Waals surface area contributed by atoms with Crippen LogP contribution in [0.2, 0.25) is 0 Å². The molecular formula is C15H15BrN2. The van der Waals surface area contributed by atoms with Crippen molar-refractivity contribution >= 4 is 15.9 Å². The Kier molecular flexibility index (Phi) is 2.96. The van der Waals surface area contributed by atoms with Crippen molar-refractivity contribution < 1.29 is 0 Å². The minimum absolute atomic E-state index is 0.105. The van der Waals surface area contributed by atoms with Crippen LogP contribution in [-0.4, -0.2) is 4.98 Å². The third-order valence-electron chi connectivity index (χ3n) is 3.56. The highest BCUT2D eigenvalue weighted by Crippen LogP contribution is 2.31. The van der Waals surface area contributed by atoms with E-state index in [1.807, 2.05) is 6.20 Å². The summed E-state index contributed by atoms with van der Waals surface area (Å²) in [6.45, 7) is 2.12. The predicted octanol–water partition coefficient (Wildman–Crippen LogP) is 3.30. The normalized spacial score (nSPS) is 17.8. The minimum Gasteiger partial charge on any atom is -0.319 e. The molecule has 2 nitrogen and oxygen atoms in total. The molecule has 1 aliphatic carbocycles. The zero-order valence-electron chi connectivity index (χ0n) is 10.3. The summed E-state index contributed by atoms with van der Waals surface area (Å²) >= 11 is 3.48. The molecule has 1 heterocycles. The smallest absolute Gasteiger partial charge is 0.0731 e. The maximum absolute atomic E-state index is 6.38. The summed E-state index contributed by atoms with van der Waals surface area (Å²) < 4.78 is 1.02. The highest BCUT2D eigenvalue weighted by atomic mass is 79.9. The molecule has 1 aromatic carbocycles. The zero-order valence-corrected chi connectivity index (χ0v) is 11.9. The van der Waals surface area contributed by atoms with E-state index >= 15 is 0 Å². The van der Waals surface area contributed by atoms with E-state index in [2.05, 4.69) is 52.1 Å². The van der Waals surface area contributed by atoms with Gasteiger partial charge in [-0.1, -0.05) is 23.8 Å². The standard InChI is InChI=1S/C15H15BrN2/c1-9-2-5-13-10(6-9)3-4-11-7-12(16)8-18-15(11)14(13)17/h2,5-8,14H,3-4,17H2,1H3. The number of hydrogen-bond acceptors (Lipinski definition) is 2. The van der Waals surface area contributed by atoms with Gasteiger partial charge in [0.2, 0.25) is 0 Å². The van der Waals surface area contributed by atoms with Crippen molar-refractivity contribution in [3.05, 3.63) is 62.9 Å². The third kappa shape index (κ3) is 1.98. The molecule has 0 bridgehead atoms. The van der Waals surface area contributed by atoms with Crippen LogP contribution in [0.3, 0.4) is 0 Å². The molecule has 0 radical (unpaired) electrons. The fourth-order valence-electron chi connectivity index (χ4n) is 2.64. The summed E-state index contributed by atoms with van der Waals surface area (Å²) in [4.78, 5) is 4.51. The minimum atomic E-state index is -0.105. The zero-order chi connectivity index (χ0) is 12.7. The van der Waals surface area contributed by atoms with Crippen molar-refractivity contribution in [2.24, 2.45) is 5.73 Å². The van der Waals surface area contributed by atoms with Crippen LogP contribution in [0.1, 0.15) is 34.0 Å². The van der Waals surface area contributed by atoms with E-state index < -0.39 is 0 Å². The highest BCUT2D eigenvalue weighted by molar-refractivity contribution is 9.10. The molecule has 2 N–H and O–H groups in total. The van der Waals surface area contributed by atoms with Crippen LogP contribution in [0.15, 0.2) is 34.9 Å². The molecule has 0 amide bonds. The Morgan fingerprint density at radius 1 is 1.22 bits per heavy atom. The Balaban J connectivity index is 2.15. The molecular weight excluding hydrogens is 288 g/mol. The van der Waals surface area contributed by atoms with Crippen molar-refractivity contribution in [1.29, 1.82) is 0 Å². The Labute approximate surface area is 115 Å². The molecule has 1 aliphatic rings. The van der Waals surface area contributed by atoms with Crippen LogP contribution in [0, 0.1) is 6.92 Å². The molecule has 1 atom stereocenters. The fourth-order valence-corrected chi connectivity index (χ4v) is 3.02. The summed E-state index contributed by atoms with van der Waals surface area (Å²) in [6, 6.07) is 8.56. The SMILES string of the molecule is Cc1ccc2c(c1)CCc1cc(Br)cnc1C2N. The summed E-state index contributed by atoms with van der Waals surface area (Å²) in [6.07, 6.45) is 3.87. The average Bonchev–Trinajstić information content (AvgIpc) is 2.47. The van der Waals surface area contributed by atoms with Gasteiger partial charge in [0.15, 0.2) is 0 Å². The van der Waals surface area contributed by atoms with Gasteiger partial charge >= 0.3 is 0 Å². The lowest BCUT2D eigenvalue weighted by molar-refractivity contribution is 0.818. The number of aromatic nitrogens is 1. The van der Waals surface area contributed by atoms with E-state index in [1.54, 1.807) is 0 Å². The van der Waals surface area contributed by atoms with Crippen LogP contribution in [0.25, 0.3) is 0 Å². The van der Waals surface area contributed by atoms with Gasteiger partial charge in [0.05, 0.1) is 11.7 Å². The molecule has 18 heavy (non-hydrogen) atoms. The molecule has 3 heteroatoms. The first-order valence-electron chi connectivity index (χ1n) is 6.14. The number of nitrogens with two attached hydrogens (primary N) is 1.